The first-order chi connectivity index (χ1) is 8.75. The van der Waals surface area contributed by atoms with Gasteiger partial charge >= 0.3 is 0 Å². The monoisotopic (exact) mass is 265 g/mol. The number of thiophene rings is 1. The van der Waals surface area contributed by atoms with Crippen LogP contribution in [0.2, 0.25) is 0 Å². The summed E-state index contributed by atoms with van der Waals surface area (Å²) in [6.45, 7) is 3.96. The van der Waals surface area contributed by atoms with Crippen molar-refractivity contribution in [2.45, 2.75) is 45.4 Å². The highest BCUT2D eigenvalue weighted by atomic mass is 32.1. The zero-order valence-electron chi connectivity index (χ0n) is 11.2. The van der Waals surface area contributed by atoms with Gasteiger partial charge in [0, 0.05) is 13.0 Å². The van der Waals surface area contributed by atoms with E-state index in [0.29, 0.717) is 6.42 Å². The van der Waals surface area contributed by atoms with Crippen LogP contribution in [0.4, 0.5) is 0 Å². The van der Waals surface area contributed by atoms with E-state index in [2.05, 4.69) is 5.32 Å². The maximum atomic E-state index is 11.9. The molecular weight excluding hydrogens is 242 g/mol. The molecule has 0 unspecified atom stereocenters. The maximum Gasteiger partial charge on any atom is 0.174 e. The van der Waals surface area contributed by atoms with Gasteiger partial charge in [0.1, 0.15) is 0 Å². The van der Waals surface area contributed by atoms with Crippen LogP contribution in [-0.2, 0) is 0 Å². The lowest BCUT2D eigenvalue weighted by Gasteiger charge is -2.21. The Kier molecular flexibility index (Phi) is 5.39. The summed E-state index contributed by atoms with van der Waals surface area (Å²) >= 11 is 1.57. The minimum absolute atomic E-state index is 0.282. The van der Waals surface area contributed by atoms with Crippen molar-refractivity contribution < 1.29 is 4.79 Å². The van der Waals surface area contributed by atoms with Crippen LogP contribution in [-0.4, -0.2) is 18.9 Å². The Labute approximate surface area is 114 Å². The van der Waals surface area contributed by atoms with Crippen molar-refractivity contribution in [3.63, 3.8) is 0 Å². The van der Waals surface area contributed by atoms with E-state index in [1.807, 2.05) is 18.4 Å². The van der Waals surface area contributed by atoms with Crippen molar-refractivity contribution in [2.24, 2.45) is 5.92 Å². The number of carbonyl (C=O) groups excluding carboxylic acids is 1. The highest BCUT2D eigenvalue weighted by Gasteiger charge is 2.13. The Balaban J connectivity index is 1.61. The van der Waals surface area contributed by atoms with E-state index in [4.69, 9.17) is 0 Å². The summed E-state index contributed by atoms with van der Waals surface area (Å²) in [6, 6.07) is 1.99. The normalized spacial score (nSPS) is 16.9. The summed E-state index contributed by atoms with van der Waals surface area (Å²) in [7, 11) is 0. The summed E-state index contributed by atoms with van der Waals surface area (Å²) in [4.78, 5) is 12.8. The first-order valence-electron chi connectivity index (χ1n) is 7.05. The number of rotatable bonds is 6. The molecule has 1 aliphatic carbocycles. The van der Waals surface area contributed by atoms with Crippen LogP contribution in [0.5, 0.6) is 0 Å². The van der Waals surface area contributed by atoms with Gasteiger partial charge < -0.3 is 5.32 Å². The summed E-state index contributed by atoms with van der Waals surface area (Å²) in [5.74, 6) is 1.13. The predicted molar refractivity (Wildman–Crippen MR) is 77.4 cm³/mol. The molecule has 0 radical (unpaired) electrons. The molecule has 0 atom stereocenters. The first-order valence-corrected chi connectivity index (χ1v) is 7.93. The van der Waals surface area contributed by atoms with E-state index >= 15 is 0 Å². The number of ketones is 1. The molecule has 0 aliphatic heterocycles. The van der Waals surface area contributed by atoms with Gasteiger partial charge in [-0.25, -0.2) is 0 Å². The molecule has 0 amide bonds. The second-order valence-corrected chi connectivity index (χ2v) is 6.28. The fraction of sp³-hybridized carbons (Fsp3) is 0.667. The van der Waals surface area contributed by atoms with Crippen LogP contribution in [0.15, 0.2) is 11.4 Å². The van der Waals surface area contributed by atoms with Crippen molar-refractivity contribution >= 4 is 17.1 Å². The van der Waals surface area contributed by atoms with Crippen LogP contribution in [0.3, 0.4) is 0 Å². The van der Waals surface area contributed by atoms with E-state index < -0.39 is 0 Å². The lowest BCUT2D eigenvalue weighted by molar-refractivity contribution is 0.0986. The molecule has 1 aromatic rings. The highest BCUT2D eigenvalue weighted by molar-refractivity contribution is 7.12. The average molecular weight is 265 g/mol. The summed E-state index contributed by atoms with van der Waals surface area (Å²) in [5.41, 5.74) is 1.19. The van der Waals surface area contributed by atoms with Gasteiger partial charge in [0.25, 0.3) is 0 Å². The van der Waals surface area contributed by atoms with Crippen LogP contribution in [0, 0.1) is 12.8 Å². The zero-order chi connectivity index (χ0) is 12.8. The third-order valence-electron chi connectivity index (χ3n) is 3.69. The van der Waals surface area contributed by atoms with Crippen molar-refractivity contribution in [2.75, 3.05) is 13.1 Å². The van der Waals surface area contributed by atoms with Gasteiger partial charge in [0.2, 0.25) is 0 Å². The summed E-state index contributed by atoms with van der Waals surface area (Å²) < 4.78 is 0. The van der Waals surface area contributed by atoms with E-state index in [1.165, 1.54) is 37.7 Å². The second-order valence-electron chi connectivity index (χ2n) is 5.37. The molecule has 0 spiro atoms. The lowest BCUT2D eigenvalue weighted by Crippen LogP contribution is -2.26. The fourth-order valence-corrected chi connectivity index (χ4v) is 3.47. The molecule has 1 fully saturated rings. The smallest absolute Gasteiger partial charge is 0.174 e. The lowest BCUT2D eigenvalue weighted by atomic mass is 9.89. The van der Waals surface area contributed by atoms with Gasteiger partial charge in [-0.05, 0) is 49.2 Å². The van der Waals surface area contributed by atoms with Crippen molar-refractivity contribution in [3.05, 3.63) is 21.9 Å². The van der Waals surface area contributed by atoms with Gasteiger partial charge in [0.15, 0.2) is 5.78 Å². The molecule has 1 heterocycles. The number of carbonyl (C=O) groups is 1. The Morgan fingerprint density at radius 2 is 2.17 bits per heavy atom. The predicted octanol–water partition coefficient (Wildman–Crippen LogP) is 3.80. The number of aryl methyl sites for hydroxylation is 1. The Bertz CT molecular complexity index is 380. The fourth-order valence-electron chi connectivity index (χ4n) is 2.60. The average Bonchev–Trinajstić information content (AvgIpc) is 2.82. The van der Waals surface area contributed by atoms with E-state index in [1.54, 1.807) is 11.3 Å². The number of Topliss-reactive ketones (excluding diaryl/α,β-unsaturated/α-hetero) is 1. The number of hydrogen-bond acceptors (Lipinski definition) is 3. The topological polar surface area (TPSA) is 29.1 Å². The number of nitrogens with one attached hydrogen (secondary N) is 1. The Morgan fingerprint density at radius 3 is 2.83 bits per heavy atom. The zero-order valence-corrected chi connectivity index (χ0v) is 12.0. The molecule has 2 nitrogen and oxygen atoms in total. The van der Waals surface area contributed by atoms with E-state index in [-0.39, 0.29) is 5.78 Å². The van der Waals surface area contributed by atoms with E-state index in [0.717, 1.165) is 23.9 Å². The van der Waals surface area contributed by atoms with Gasteiger partial charge in [-0.1, -0.05) is 19.3 Å². The standard InChI is InChI=1S/C15H23NOS/c1-12-9-15(18-11-12)14(17)7-8-16-10-13-5-3-2-4-6-13/h9,11,13,16H,2-8,10H2,1H3. The molecule has 2 rings (SSSR count). The third-order valence-corrected chi connectivity index (χ3v) is 4.78. The molecule has 1 N–H and O–H groups in total. The van der Waals surface area contributed by atoms with Crippen LogP contribution in [0.1, 0.15) is 53.8 Å². The molecular formula is C15H23NOS. The van der Waals surface area contributed by atoms with Gasteiger partial charge in [0.05, 0.1) is 4.88 Å². The maximum absolute atomic E-state index is 11.9. The van der Waals surface area contributed by atoms with Gasteiger partial charge in [-0.15, -0.1) is 11.3 Å². The molecule has 0 saturated heterocycles. The van der Waals surface area contributed by atoms with E-state index in [9.17, 15) is 4.79 Å². The van der Waals surface area contributed by atoms with Crippen molar-refractivity contribution in [3.8, 4) is 0 Å². The first kappa shape index (κ1) is 13.8. The van der Waals surface area contributed by atoms with Crippen molar-refractivity contribution in [1.82, 2.24) is 5.32 Å². The SMILES string of the molecule is Cc1csc(C(=O)CCNCC2CCCCC2)c1. The largest absolute Gasteiger partial charge is 0.316 e. The molecule has 0 bridgehead atoms. The van der Waals surface area contributed by atoms with Gasteiger partial charge in [-0.2, -0.15) is 0 Å². The van der Waals surface area contributed by atoms with Crippen LogP contribution < -0.4 is 5.32 Å². The summed E-state index contributed by atoms with van der Waals surface area (Å²) in [5, 5.41) is 5.49. The van der Waals surface area contributed by atoms with Crippen LogP contribution >= 0.6 is 11.3 Å². The Morgan fingerprint density at radius 1 is 1.39 bits per heavy atom. The minimum Gasteiger partial charge on any atom is -0.316 e. The highest BCUT2D eigenvalue weighted by Crippen LogP contribution is 2.22. The molecule has 3 heteroatoms. The summed E-state index contributed by atoms with van der Waals surface area (Å²) in [6.07, 6.45) is 7.55. The molecule has 0 aromatic carbocycles. The molecule has 1 saturated carbocycles. The quantitative estimate of drug-likeness (QED) is 0.626. The minimum atomic E-state index is 0.282. The molecule has 1 aliphatic rings. The number of hydrogen-bond donors (Lipinski definition) is 1. The van der Waals surface area contributed by atoms with Crippen LogP contribution in [0.25, 0.3) is 0 Å². The Hall–Kier alpha value is -0.670. The van der Waals surface area contributed by atoms with Gasteiger partial charge in [-0.3, -0.25) is 4.79 Å². The molecule has 1 aromatic heterocycles. The second kappa shape index (κ2) is 7.05. The molecule has 100 valence electrons. The third kappa shape index (κ3) is 4.21. The molecule has 18 heavy (non-hydrogen) atoms. The van der Waals surface area contributed by atoms with Crippen molar-refractivity contribution in [1.29, 1.82) is 0 Å².